The van der Waals surface area contributed by atoms with E-state index in [2.05, 4.69) is 4.98 Å². The van der Waals surface area contributed by atoms with Crippen LogP contribution in [0.25, 0.3) is 11.0 Å². The number of aromatic carboxylic acids is 2. The van der Waals surface area contributed by atoms with Crippen LogP contribution in [-0.4, -0.2) is 45.9 Å². The van der Waals surface area contributed by atoms with Crippen molar-refractivity contribution in [3.63, 3.8) is 0 Å². The molecule has 0 amide bonds. The zero-order chi connectivity index (χ0) is 15.0. The normalized spacial score (nSPS) is 10.6. The summed E-state index contributed by atoms with van der Waals surface area (Å²) in [5.74, 6) is -2.16. The summed E-state index contributed by atoms with van der Waals surface area (Å²) in [6, 6.07) is 1.22. The van der Waals surface area contributed by atoms with Crippen molar-refractivity contribution in [2.75, 3.05) is 14.2 Å². The molecule has 0 radical (unpaired) electrons. The first-order valence-corrected chi connectivity index (χ1v) is 5.50. The smallest absolute Gasteiger partial charge is 0.355 e. The number of methoxy groups -OCH3 is 2. The molecule has 106 valence electrons. The maximum Gasteiger partial charge on any atom is 0.355 e. The Balaban J connectivity index is 2.93. The average Bonchev–Trinajstić information content (AvgIpc) is 2.68. The first kappa shape index (κ1) is 13.7. The Kier molecular flexibility index (Phi) is 3.23. The molecule has 8 nitrogen and oxygen atoms in total. The summed E-state index contributed by atoms with van der Waals surface area (Å²) >= 11 is 0. The highest BCUT2D eigenvalue weighted by molar-refractivity contribution is 6.04. The lowest BCUT2D eigenvalue weighted by atomic mass is 10.1. The van der Waals surface area contributed by atoms with E-state index >= 15 is 0 Å². The molecule has 20 heavy (non-hydrogen) atoms. The molecule has 2 aromatic heterocycles. The zero-order valence-corrected chi connectivity index (χ0v) is 11.0. The van der Waals surface area contributed by atoms with Crippen molar-refractivity contribution in [3.8, 4) is 11.6 Å². The second kappa shape index (κ2) is 4.72. The Morgan fingerprint density at radius 1 is 1.20 bits per heavy atom. The van der Waals surface area contributed by atoms with Gasteiger partial charge < -0.3 is 19.7 Å². The van der Waals surface area contributed by atoms with Crippen LogP contribution in [0.1, 0.15) is 20.8 Å². The lowest BCUT2D eigenvalue weighted by Gasteiger charge is -2.03. The number of carboxylic acid groups (broad SMARTS) is 2. The fourth-order valence-corrected chi connectivity index (χ4v) is 2.04. The minimum atomic E-state index is -1.41. The Morgan fingerprint density at radius 2 is 1.85 bits per heavy atom. The van der Waals surface area contributed by atoms with Gasteiger partial charge in [-0.05, 0) is 6.07 Å². The molecular formula is C12H12N2O6. The minimum absolute atomic E-state index is 0.265. The number of carboxylic acids is 2. The minimum Gasteiger partial charge on any atom is -0.491 e. The van der Waals surface area contributed by atoms with E-state index < -0.39 is 23.2 Å². The van der Waals surface area contributed by atoms with Gasteiger partial charge in [0.1, 0.15) is 5.65 Å². The van der Waals surface area contributed by atoms with E-state index in [9.17, 15) is 9.59 Å². The van der Waals surface area contributed by atoms with Gasteiger partial charge in [0.25, 0.3) is 0 Å². The van der Waals surface area contributed by atoms with E-state index in [1.807, 2.05) is 0 Å². The molecule has 0 aliphatic rings. The molecule has 8 heteroatoms. The van der Waals surface area contributed by atoms with E-state index in [1.54, 1.807) is 7.05 Å². The Labute approximate surface area is 113 Å². The predicted molar refractivity (Wildman–Crippen MR) is 67.7 cm³/mol. The van der Waals surface area contributed by atoms with Crippen molar-refractivity contribution in [3.05, 3.63) is 17.3 Å². The molecule has 0 spiro atoms. The SMILES string of the molecule is COc1c(OC)n(C)c2nc(C(=O)O)c(C(=O)O)cc12. The lowest BCUT2D eigenvalue weighted by Crippen LogP contribution is -2.11. The Morgan fingerprint density at radius 3 is 2.30 bits per heavy atom. The number of fused-ring (bicyclic) bond motifs is 1. The fourth-order valence-electron chi connectivity index (χ4n) is 2.04. The third-order valence-corrected chi connectivity index (χ3v) is 2.89. The Hall–Kier alpha value is -2.77. The first-order chi connectivity index (χ1) is 9.42. The number of rotatable bonds is 4. The molecule has 2 aromatic rings. The lowest BCUT2D eigenvalue weighted by molar-refractivity contribution is 0.0647. The molecule has 2 N–H and O–H groups in total. The van der Waals surface area contributed by atoms with Crippen LogP contribution in [0.4, 0.5) is 0 Å². The van der Waals surface area contributed by atoms with Crippen LogP contribution in [0, 0.1) is 0 Å². The number of carbonyl (C=O) groups is 2. The molecule has 2 rings (SSSR count). The van der Waals surface area contributed by atoms with E-state index in [0.717, 1.165) is 0 Å². The van der Waals surface area contributed by atoms with Gasteiger partial charge in [-0.25, -0.2) is 14.6 Å². The van der Waals surface area contributed by atoms with Crippen molar-refractivity contribution >= 4 is 23.0 Å². The zero-order valence-electron chi connectivity index (χ0n) is 11.0. The highest BCUT2D eigenvalue weighted by atomic mass is 16.5. The summed E-state index contributed by atoms with van der Waals surface area (Å²) in [5, 5.41) is 18.5. The Bertz CT molecular complexity index is 719. The number of hydrogen-bond donors (Lipinski definition) is 2. The summed E-state index contributed by atoms with van der Waals surface area (Å²) in [6.07, 6.45) is 0. The second-order valence-electron chi connectivity index (χ2n) is 3.97. The van der Waals surface area contributed by atoms with Crippen molar-refractivity contribution in [1.82, 2.24) is 9.55 Å². The van der Waals surface area contributed by atoms with Gasteiger partial charge in [0.2, 0.25) is 5.88 Å². The third kappa shape index (κ3) is 1.81. The van der Waals surface area contributed by atoms with Gasteiger partial charge >= 0.3 is 11.9 Å². The number of ether oxygens (including phenoxy) is 2. The van der Waals surface area contributed by atoms with Gasteiger partial charge in [-0.3, -0.25) is 4.57 Å². The summed E-state index contributed by atoms with van der Waals surface area (Å²) in [7, 11) is 4.44. The van der Waals surface area contributed by atoms with Crippen LogP contribution in [0.5, 0.6) is 11.6 Å². The molecule has 0 fully saturated rings. The van der Waals surface area contributed by atoms with Crippen molar-refractivity contribution < 1.29 is 29.3 Å². The predicted octanol–water partition coefficient (Wildman–Crippen LogP) is 0.987. The third-order valence-electron chi connectivity index (χ3n) is 2.89. The highest BCUT2D eigenvalue weighted by Crippen LogP contribution is 2.38. The van der Waals surface area contributed by atoms with Gasteiger partial charge in [0.05, 0.1) is 25.2 Å². The maximum absolute atomic E-state index is 11.1. The van der Waals surface area contributed by atoms with Crippen LogP contribution >= 0.6 is 0 Å². The first-order valence-electron chi connectivity index (χ1n) is 5.50. The van der Waals surface area contributed by atoms with Gasteiger partial charge in [-0.1, -0.05) is 0 Å². The molecule has 0 aliphatic carbocycles. The highest BCUT2D eigenvalue weighted by Gasteiger charge is 2.25. The standard InChI is InChI=1S/C12H12N2O6/c1-14-9-6(8(19-2)10(14)20-3)4-5(11(15)16)7(13-9)12(17)18/h4H,1-3H3,(H,15,16)(H,17,18). The number of aryl methyl sites for hydroxylation is 1. The van der Waals surface area contributed by atoms with Crippen LogP contribution in [0.3, 0.4) is 0 Å². The van der Waals surface area contributed by atoms with Crippen LogP contribution in [-0.2, 0) is 7.05 Å². The largest absolute Gasteiger partial charge is 0.491 e. The molecule has 0 aromatic carbocycles. The van der Waals surface area contributed by atoms with Crippen molar-refractivity contribution in [1.29, 1.82) is 0 Å². The van der Waals surface area contributed by atoms with Gasteiger partial charge in [0, 0.05) is 7.05 Å². The number of nitrogens with zero attached hydrogens (tertiary/aromatic N) is 2. The molecule has 0 bridgehead atoms. The summed E-state index contributed by atoms with van der Waals surface area (Å²) in [6.45, 7) is 0. The monoisotopic (exact) mass is 280 g/mol. The number of hydrogen-bond acceptors (Lipinski definition) is 5. The molecular weight excluding hydrogens is 268 g/mol. The van der Waals surface area contributed by atoms with E-state index in [-0.39, 0.29) is 5.65 Å². The van der Waals surface area contributed by atoms with Crippen molar-refractivity contribution in [2.24, 2.45) is 7.05 Å². The molecule has 2 heterocycles. The van der Waals surface area contributed by atoms with Gasteiger partial charge in [0.15, 0.2) is 11.4 Å². The summed E-state index contributed by atoms with van der Waals surface area (Å²) in [5.41, 5.74) is -0.673. The summed E-state index contributed by atoms with van der Waals surface area (Å²) < 4.78 is 11.8. The summed E-state index contributed by atoms with van der Waals surface area (Å²) in [4.78, 5) is 26.2. The van der Waals surface area contributed by atoms with E-state index in [4.69, 9.17) is 19.7 Å². The average molecular weight is 280 g/mol. The molecule has 0 aliphatic heterocycles. The maximum atomic E-state index is 11.1. The molecule has 0 saturated carbocycles. The fraction of sp³-hybridized carbons (Fsp3) is 0.250. The quantitative estimate of drug-likeness (QED) is 0.858. The second-order valence-corrected chi connectivity index (χ2v) is 3.97. The van der Waals surface area contributed by atoms with Gasteiger partial charge in [-0.2, -0.15) is 0 Å². The molecule has 0 atom stereocenters. The topological polar surface area (TPSA) is 111 Å². The van der Waals surface area contributed by atoms with E-state index in [0.29, 0.717) is 17.0 Å². The number of aromatic nitrogens is 2. The van der Waals surface area contributed by atoms with Crippen molar-refractivity contribution in [2.45, 2.75) is 0 Å². The number of pyridine rings is 1. The van der Waals surface area contributed by atoms with Gasteiger partial charge in [-0.15, -0.1) is 0 Å². The molecule has 0 saturated heterocycles. The van der Waals surface area contributed by atoms with E-state index in [1.165, 1.54) is 24.9 Å². The molecule has 0 unspecified atom stereocenters. The van der Waals surface area contributed by atoms with Crippen LogP contribution in [0.15, 0.2) is 6.07 Å². The van der Waals surface area contributed by atoms with Crippen LogP contribution in [0.2, 0.25) is 0 Å². The van der Waals surface area contributed by atoms with Crippen LogP contribution < -0.4 is 9.47 Å².